The van der Waals surface area contributed by atoms with Gasteiger partial charge in [-0.05, 0) is 65.5 Å². The summed E-state index contributed by atoms with van der Waals surface area (Å²) in [6.45, 7) is 2.14. The van der Waals surface area contributed by atoms with E-state index < -0.39 is 0 Å². The van der Waals surface area contributed by atoms with E-state index >= 15 is 0 Å². The number of amides is 3. The number of rotatable bonds is 9. The van der Waals surface area contributed by atoms with E-state index in [1.54, 1.807) is 30.3 Å². The fourth-order valence-electron chi connectivity index (χ4n) is 4.12. The summed E-state index contributed by atoms with van der Waals surface area (Å²) < 4.78 is 11.5. The highest BCUT2D eigenvalue weighted by atomic mass is 32.2. The van der Waals surface area contributed by atoms with Crippen molar-refractivity contribution in [3.63, 3.8) is 0 Å². The number of fused-ring (bicyclic) bond motifs is 1. The largest absolute Gasteiger partial charge is 0.491 e. The van der Waals surface area contributed by atoms with E-state index in [-0.39, 0.29) is 36.8 Å². The molecule has 1 aliphatic heterocycles. The van der Waals surface area contributed by atoms with Crippen molar-refractivity contribution in [1.82, 2.24) is 4.90 Å². The third-order valence-electron chi connectivity index (χ3n) is 6.16. The molecule has 4 aromatic carbocycles. The van der Waals surface area contributed by atoms with Crippen LogP contribution in [0.1, 0.15) is 11.1 Å². The Hall–Kier alpha value is -4.56. The van der Waals surface area contributed by atoms with Crippen molar-refractivity contribution in [1.29, 1.82) is 0 Å². The van der Waals surface area contributed by atoms with Crippen LogP contribution in [-0.4, -0.2) is 41.7 Å². The topological polar surface area (TPSA) is 84.9 Å². The van der Waals surface area contributed by atoms with Gasteiger partial charge >= 0.3 is 0 Å². The summed E-state index contributed by atoms with van der Waals surface area (Å²) in [6.07, 6.45) is 1.67. The first-order valence-electron chi connectivity index (χ1n) is 12.4. The number of carbonyl (C=O) groups is 3. The van der Waals surface area contributed by atoms with E-state index in [4.69, 9.17) is 9.47 Å². The van der Waals surface area contributed by atoms with E-state index in [1.807, 2.05) is 73.7 Å². The summed E-state index contributed by atoms with van der Waals surface area (Å²) in [4.78, 5) is 39.2. The predicted molar refractivity (Wildman–Crippen MR) is 154 cm³/mol. The number of thioether (sulfide) groups is 1. The van der Waals surface area contributed by atoms with Gasteiger partial charge in [-0.2, -0.15) is 0 Å². The van der Waals surface area contributed by atoms with E-state index in [1.165, 1.54) is 4.90 Å². The lowest BCUT2D eigenvalue weighted by Gasteiger charge is -2.14. The second-order valence-corrected chi connectivity index (χ2v) is 9.87. The SMILES string of the molecule is Cc1ccccc1NC(=O)COc1ccc(/C=C2\SC(=O)N(CCOc3cccc4ccccc34)C2=O)cc1. The summed E-state index contributed by atoms with van der Waals surface area (Å²) in [5.41, 5.74) is 2.46. The number of anilines is 1. The highest BCUT2D eigenvalue weighted by Gasteiger charge is 2.34. The zero-order valence-electron chi connectivity index (χ0n) is 21.3. The zero-order valence-corrected chi connectivity index (χ0v) is 22.1. The molecule has 1 fully saturated rings. The third kappa shape index (κ3) is 6.30. The number of nitrogens with zero attached hydrogens (tertiary/aromatic N) is 1. The lowest BCUT2D eigenvalue weighted by Crippen LogP contribution is -2.32. The van der Waals surface area contributed by atoms with Crippen LogP contribution in [0.3, 0.4) is 0 Å². The molecule has 0 atom stereocenters. The Morgan fingerprint density at radius 3 is 2.46 bits per heavy atom. The second kappa shape index (κ2) is 11.9. The van der Waals surface area contributed by atoms with E-state index in [0.717, 1.165) is 39.3 Å². The molecule has 0 radical (unpaired) electrons. The summed E-state index contributed by atoms with van der Waals surface area (Å²) in [7, 11) is 0. The Morgan fingerprint density at radius 2 is 1.64 bits per heavy atom. The van der Waals surface area contributed by atoms with Crippen LogP contribution in [0.25, 0.3) is 16.8 Å². The van der Waals surface area contributed by atoms with Crippen molar-refractivity contribution in [3.05, 3.63) is 107 Å². The molecule has 1 aliphatic rings. The molecule has 0 unspecified atom stereocenters. The van der Waals surface area contributed by atoms with Crippen LogP contribution in [0.4, 0.5) is 10.5 Å². The molecule has 1 heterocycles. The van der Waals surface area contributed by atoms with Crippen LogP contribution in [-0.2, 0) is 9.59 Å². The Morgan fingerprint density at radius 1 is 0.897 bits per heavy atom. The molecule has 1 N–H and O–H groups in total. The molecular weight excluding hydrogens is 512 g/mol. The minimum Gasteiger partial charge on any atom is -0.491 e. The zero-order chi connectivity index (χ0) is 27.2. The van der Waals surface area contributed by atoms with Gasteiger partial charge in [0.05, 0.1) is 11.4 Å². The van der Waals surface area contributed by atoms with Gasteiger partial charge in [-0.1, -0.05) is 66.7 Å². The molecular formula is C31H26N2O5S. The van der Waals surface area contributed by atoms with E-state index in [0.29, 0.717) is 16.4 Å². The Kier molecular flexibility index (Phi) is 7.94. The number of aryl methyl sites for hydroxylation is 1. The van der Waals surface area contributed by atoms with Crippen LogP contribution in [0, 0.1) is 6.92 Å². The number of imide groups is 1. The summed E-state index contributed by atoms with van der Waals surface area (Å²) in [5.74, 6) is 0.627. The van der Waals surface area contributed by atoms with Crippen LogP contribution in [0.15, 0.2) is 95.9 Å². The minimum absolute atomic E-state index is 0.132. The maximum atomic E-state index is 12.9. The smallest absolute Gasteiger partial charge is 0.293 e. The summed E-state index contributed by atoms with van der Waals surface area (Å²) in [5, 5.41) is 4.54. The number of hydrogen-bond donors (Lipinski definition) is 1. The third-order valence-corrected chi connectivity index (χ3v) is 7.07. The van der Waals surface area contributed by atoms with Crippen molar-refractivity contribution in [2.45, 2.75) is 6.92 Å². The molecule has 0 bridgehead atoms. The molecule has 8 heteroatoms. The van der Waals surface area contributed by atoms with Crippen LogP contribution < -0.4 is 14.8 Å². The molecule has 7 nitrogen and oxygen atoms in total. The Labute approximate surface area is 230 Å². The Bertz CT molecular complexity index is 1560. The van der Waals surface area contributed by atoms with Gasteiger partial charge in [0.1, 0.15) is 18.1 Å². The van der Waals surface area contributed by atoms with Gasteiger partial charge in [0.15, 0.2) is 6.61 Å². The molecule has 1 saturated heterocycles. The number of para-hydroxylation sites is 1. The van der Waals surface area contributed by atoms with Crippen LogP contribution in [0.2, 0.25) is 0 Å². The van der Waals surface area contributed by atoms with Crippen LogP contribution in [0.5, 0.6) is 11.5 Å². The summed E-state index contributed by atoms with van der Waals surface area (Å²) >= 11 is 0.905. The lowest BCUT2D eigenvalue weighted by molar-refractivity contribution is -0.123. The first-order valence-corrected chi connectivity index (χ1v) is 13.2. The average molecular weight is 539 g/mol. The van der Waals surface area contributed by atoms with Crippen molar-refractivity contribution < 1.29 is 23.9 Å². The molecule has 39 heavy (non-hydrogen) atoms. The Balaban J connectivity index is 1.14. The van der Waals surface area contributed by atoms with Crippen molar-refractivity contribution in [2.75, 3.05) is 25.1 Å². The number of ether oxygens (including phenoxy) is 2. The normalized spacial score (nSPS) is 14.2. The minimum atomic E-state index is -0.347. The van der Waals surface area contributed by atoms with Crippen molar-refractivity contribution >= 4 is 51.4 Å². The van der Waals surface area contributed by atoms with Crippen molar-refractivity contribution in [3.8, 4) is 11.5 Å². The predicted octanol–water partition coefficient (Wildman–Crippen LogP) is 6.28. The molecule has 5 rings (SSSR count). The van der Waals surface area contributed by atoms with E-state index in [9.17, 15) is 14.4 Å². The molecule has 0 aromatic heterocycles. The fraction of sp³-hybridized carbons (Fsp3) is 0.129. The summed E-state index contributed by atoms with van der Waals surface area (Å²) in [6, 6.07) is 28.2. The standard InChI is InChI=1S/C31H26N2O5S/c1-21-7-2-5-11-26(21)32-29(34)20-38-24-15-13-22(14-16-24)19-28-30(35)33(31(36)39-28)17-18-37-27-12-6-9-23-8-3-4-10-25(23)27/h2-16,19H,17-18,20H2,1H3,(H,32,34)/b28-19-. The number of carbonyl (C=O) groups excluding carboxylic acids is 3. The highest BCUT2D eigenvalue weighted by Crippen LogP contribution is 2.32. The van der Waals surface area contributed by atoms with Gasteiger partial charge in [-0.25, -0.2) is 0 Å². The highest BCUT2D eigenvalue weighted by molar-refractivity contribution is 8.18. The average Bonchev–Trinajstić information content (AvgIpc) is 3.21. The van der Waals surface area contributed by atoms with Gasteiger partial charge in [-0.15, -0.1) is 0 Å². The number of nitrogens with one attached hydrogen (secondary N) is 1. The molecule has 196 valence electrons. The monoisotopic (exact) mass is 538 g/mol. The molecule has 0 aliphatic carbocycles. The maximum absolute atomic E-state index is 12.9. The fourth-order valence-corrected chi connectivity index (χ4v) is 4.99. The lowest BCUT2D eigenvalue weighted by atomic mass is 10.1. The van der Waals surface area contributed by atoms with Crippen LogP contribution >= 0.6 is 11.8 Å². The second-order valence-electron chi connectivity index (χ2n) is 8.88. The van der Waals surface area contributed by atoms with Gasteiger partial charge in [-0.3, -0.25) is 19.3 Å². The molecule has 0 saturated carbocycles. The molecule has 4 aromatic rings. The molecule has 0 spiro atoms. The number of benzene rings is 4. The van der Waals surface area contributed by atoms with E-state index in [2.05, 4.69) is 5.32 Å². The van der Waals surface area contributed by atoms with Gasteiger partial charge in [0.25, 0.3) is 17.1 Å². The van der Waals surface area contributed by atoms with Gasteiger partial charge in [0, 0.05) is 11.1 Å². The first kappa shape index (κ1) is 26.1. The van der Waals surface area contributed by atoms with Gasteiger partial charge < -0.3 is 14.8 Å². The maximum Gasteiger partial charge on any atom is 0.293 e. The van der Waals surface area contributed by atoms with Crippen molar-refractivity contribution in [2.24, 2.45) is 0 Å². The quantitative estimate of drug-likeness (QED) is 0.253. The number of hydrogen-bond acceptors (Lipinski definition) is 6. The van der Waals surface area contributed by atoms with Gasteiger partial charge in [0.2, 0.25) is 0 Å². The molecule has 3 amide bonds. The first-order chi connectivity index (χ1) is 19.0.